The molecule has 1 aliphatic rings. The van der Waals surface area contributed by atoms with Crippen molar-refractivity contribution in [2.24, 2.45) is 11.3 Å². The van der Waals surface area contributed by atoms with E-state index in [9.17, 15) is 8.42 Å². The van der Waals surface area contributed by atoms with Gasteiger partial charge in [-0.2, -0.15) is 0 Å². The van der Waals surface area contributed by atoms with Gasteiger partial charge in [-0.3, -0.25) is 0 Å². The molecule has 0 saturated heterocycles. The number of rotatable bonds is 4. The summed E-state index contributed by atoms with van der Waals surface area (Å²) >= 11 is 0. The lowest BCUT2D eigenvalue weighted by molar-refractivity contribution is 0.153. The van der Waals surface area contributed by atoms with Crippen molar-refractivity contribution >= 4 is 9.84 Å². The molecule has 0 aromatic carbocycles. The van der Waals surface area contributed by atoms with Gasteiger partial charge in [0.25, 0.3) is 0 Å². The molecule has 1 fully saturated rings. The molecular weight excluding hydrogens is 222 g/mol. The monoisotopic (exact) mass is 247 g/mol. The molecule has 0 amide bonds. The molecule has 1 N–H and O–H groups in total. The molecule has 0 radical (unpaired) electrons. The average Bonchev–Trinajstić information content (AvgIpc) is 1.96. The normalized spacial score (nSPS) is 30.2. The Labute approximate surface area is 99.9 Å². The van der Waals surface area contributed by atoms with Crippen LogP contribution >= 0.6 is 0 Å². The molecule has 0 heterocycles. The summed E-state index contributed by atoms with van der Waals surface area (Å²) in [5.74, 6) is 0.984. The summed E-state index contributed by atoms with van der Waals surface area (Å²) in [4.78, 5) is 0. The first-order valence-electron chi connectivity index (χ1n) is 6.09. The summed E-state index contributed by atoms with van der Waals surface area (Å²) in [5.41, 5.74) is 0.389. The van der Waals surface area contributed by atoms with Gasteiger partial charge in [0.15, 0.2) is 0 Å². The molecule has 0 aromatic rings. The SMILES string of the molecule is CC1CC(NCCS(C)(=O)=O)CC(C)(C)C1. The summed E-state index contributed by atoms with van der Waals surface area (Å²) in [5, 5.41) is 3.38. The fourth-order valence-corrected chi connectivity index (χ4v) is 3.44. The Morgan fingerprint density at radius 2 is 1.94 bits per heavy atom. The Morgan fingerprint density at radius 3 is 2.44 bits per heavy atom. The average molecular weight is 247 g/mol. The van der Waals surface area contributed by atoms with Crippen LogP contribution in [0.25, 0.3) is 0 Å². The van der Waals surface area contributed by atoms with Gasteiger partial charge in [-0.25, -0.2) is 8.42 Å². The Balaban J connectivity index is 2.37. The van der Waals surface area contributed by atoms with Gasteiger partial charge in [0.1, 0.15) is 9.84 Å². The Morgan fingerprint density at radius 1 is 1.31 bits per heavy atom. The smallest absolute Gasteiger partial charge is 0.148 e. The third-order valence-corrected chi connectivity index (χ3v) is 4.24. The topological polar surface area (TPSA) is 46.2 Å². The van der Waals surface area contributed by atoms with Crippen molar-refractivity contribution in [3.63, 3.8) is 0 Å². The van der Waals surface area contributed by atoms with Gasteiger partial charge in [0.2, 0.25) is 0 Å². The van der Waals surface area contributed by atoms with Gasteiger partial charge in [0.05, 0.1) is 5.75 Å². The van der Waals surface area contributed by atoms with Crippen LogP contribution in [0.3, 0.4) is 0 Å². The number of hydrogen-bond acceptors (Lipinski definition) is 3. The fourth-order valence-electron chi connectivity index (χ4n) is 2.95. The zero-order chi connectivity index (χ0) is 12.4. The first-order valence-corrected chi connectivity index (χ1v) is 8.15. The molecule has 1 rings (SSSR count). The van der Waals surface area contributed by atoms with E-state index in [1.165, 1.54) is 19.1 Å². The molecule has 0 bridgehead atoms. The quantitative estimate of drug-likeness (QED) is 0.824. The lowest BCUT2D eigenvalue weighted by Crippen LogP contribution is -2.41. The molecule has 0 aliphatic heterocycles. The minimum atomic E-state index is -2.83. The van der Waals surface area contributed by atoms with Crippen LogP contribution in [0.4, 0.5) is 0 Å². The number of sulfone groups is 1. The van der Waals surface area contributed by atoms with Crippen molar-refractivity contribution in [3.8, 4) is 0 Å². The predicted octanol–water partition coefficient (Wildman–Crippen LogP) is 1.84. The number of hydrogen-bond donors (Lipinski definition) is 1. The molecule has 0 spiro atoms. The molecule has 1 saturated carbocycles. The zero-order valence-electron chi connectivity index (χ0n) is 10.9. The van der Waals surface area contributed by atoms with Crippen LogP contribution in [0, 0.1) is 11.3 Å². The lowest BCUT2D eigenvalue weighted by atomic mass is 9.70. The standard InChI is InChI=1S/C12H25NO2S/c1-10-7-11(9-12(2,3)8-10)13-5-6-16(4,14)15/h10-11,13H,5-9H2,1-4H3. The van der Waals surface area contributed by atoms with Gasteiger partial charge in [-0.05, 0) is 30.6 Å². The maximum absolute atomic E-state index is 11.0. The predicted molar refractivity (Wildman–Crippen MR) is 68.3 cm³/mol. The fraction of sp³-hybridized carbons (Fsp3) is 1.00. The van der Waals surface area contributed by atoms with Crippen LogP contribution in [-0.2, 0) is 9.84 Å². The second kappa shape index (κ2) is 5.05. The van der Waals surface area contributed by atoms with E-state index in [4.69, 9.17) is 0 Å². The third kappa shape index (κ3) is 5.30. The molecule has 1 aliphatic carbocycles. The molecule has 3 nitrogen and oxygen atoms in total. The van der Waals surface area contributed by atoms with Gasteiger partial charge in [0, 0.05) is 18.8 Å². The van der Waals surface area contributed by atoms with E-state index in [1.54, 1.807) is 0 Å². The number of nitrogens with one attached hydrogen (secondary N) is 1. The molecular formula is C12H25NO2S. The van der Waals surface area contributed by atoms with Crippen LogP contribution in [0.15, 0.2) is 0 Å². The van der Waals surface area contributed by atoms with Crippen molar-refractivity contribution in [2.75, 3.05) is 18.6 Å². The first kappa shape index (κ1) is 14.0. The highest BCUT2D eigenvalue weighted by Crippen LogP contribution is 2.38. The minimum Gasteiger partial charge on any atom is -0.313 e. The van der Waals surface area contributed by atoms with Gasteiger partial charge >= 0.3 is 0 Å². The summed E-state index contributed by atoms with van der Waals surface area (Å²) < 4.78 is 22.0. The second-order valence-electron chi connectivity index (χ2n) is 6.19. The van der Waals surface area contributed by atoms with Gasteiger partial charge in [-0.1, -0.05) is 20.8 Å². The summed E-state index contributed by atoms with van der Waals surface area (Å²) in [6.45, 7) is 7.47. The van der Waals surface area contributed by atoms with Crippen LogP contribution in [0.2, 0.25) is 0 Å². The molecule has 4 heteroatoms. The Bertz CT molecular complexity index is 322. The molecule has 2 atom stereocenters. The van der Waals surface area contributed by atoms with E-state index in [0.717, 1.165) is 12.3 Å². The van der Waals surface area contributed by atoms with Crippen molar-refractivity contribution in [2.45, 2.75) is 46.1 Å². The maximum Gasteiger partial charge on any atom is 0.148 e. The van der Waals surface area contributed by atoms with E-state index < -0.39 is 9.84 Å². The van der Waals surface area contributed by atoms with Crippen LogP contribution in [0.5, 0.6) is 0 Å². The van der Waals surface area contributed by atoms with Crippen molar-refractivity contribution in [1.29, 1.82) is 0 Å². The zero-order valence-corrected chi connectivity index (χ0v) is 11.7. The van der Waals surface area contributed by atoms with Crippen molar-refractivity contribution < 1.29 is 8.42 Å². The van der Waals surface area contributed by atoms with E-state index in [0.29, 0.717) is 18.0 Å². The van der Waals surface area contributed by atoms with E-state index in [2.05, 4.69) is 26.1 Å². The van der Waals surface area contributed by atoms with Crippen molar-refractivity contribution in [3.05, 3.63) is 0 Å². The first-order chi connectivity index (χ1) is 7.18. The molecule has 16 heavy (non-hydrogen) atoms. The van der Waals surface area contributed by atoms with E-state index in [-0.39, 0.29) is 5.75 Å². The molecule has 96 valence electrons. The highest BCUT2D eigenvalue weighted by molar-refractivity contribution is 7.90. The Hall–Kier alpha value is -0.0900. The van der Waals surface area contributed by atoms with Gasteiger partial charge in [-0.15, -0.1) is 0 Å². The summed E-state index contributed by atoms with van der Waals surface area (Å²) in [6, 6.07) is 0.487. The van der Waals surface area contributed by atoms with Crippen molar-refractivity contribution in [1.82, 2.24) is 5.32 Å². The summed E-state index contributed by atoms with van der Waals surface area (Å²) in [6.07, 6.45) is 4.90. The Kier molecular flexibility index (Phi) is 4.41. The molecule has 0 aromatic heterocycles. The third-order valence-electron chi connectivity index (χ3n) is 3.29. The van der Waals surface area contributed by atoms with E-state index in [1.807, 2.05) is 0 Å². The van der Waals surface area contributed by atoms with Crippen LogP contribution in [-0.4, -0.2) is 33.0 Å². The highest BCUT2D eigenvalue weighted by atomic mass is 32.2. The molecule has 2 unspecified atom stereocenters. The van der Waals surface area contributed by atoms with E-state index >= 15 is 0 Å². The maximum atomic E-state index is 11.0. The minimum absolute atomic E-state index is 0.248. The largest absolute Gasteiger partial charge is 0.313 e. The van der Waals surface area contributed by atoms with Gasteiger partial charge < -0.3 is 5.32 Å². The second-order valence-corrected chi connectivity index (χ2v) is 8.45. The summed E-state index contributed by atoms with van der Waals surface area (Å²) in [7, 11) is -2.83. The van der Waals surface area contributed by atoms with Crippen LogP contribution in [0.1, 0.15) is 40.0 Å². The highest BCUT2D eigenvalue weighted by Gasteiger charge is 2.31. The lowest BCUT2D eigenvalue weighted by Gasteiger charge is -2.39. The van der Waals surface area contributed by atoms with Crippen LogP contribution < -0.4 is 5.32 Å².